The molecule has 0 aromatic carbocycles. The fourth-order valence-electron chi connectivity index (χ4n) is 9.50. The predicted octanol–water partition coefficient (Wildman–Crippen LogP) is 8.74. The molecule has 0 aromatic heterocycles. The van der Waals surface area contributed by atoms with E-state index < -0.39 is 0 Å². The van der Waals surface area contributed by atoms with E-state index in [1.807, 2.05) is 0 Å². The Balaban J connectivity index is 1.46. The van der Waals surface area contributed by atoms with E-state index in [2.05, 4.69) is 41.5 Å². The number of hydrogen-bond acceptors (Lipinski definition) is 0. The quantitative estimate of drug-likeness (QED) is 0.443. The lowest BCUT2D eigenvalue weighted by molar-refractivity contribution is -0.120. The van der Waals surface area contributed by atoms with E-state index in [0.29, 0.717) is 10.8 Å². The number of fused-ring (bicyclic) bond motifs is 5. The second kappa shape index (κ2) is 7.92. The average Bonchev–Trinajstić information content (AvgIpc) is 2.99. The van der Waals surface area contributed by atoms with E-state index in [0.717, 1.165) is 47.3 Å². The van der Waals surface area contributed by atoms with Crippen LogP contribution in [0.15, 0.2) is 0 Å². The van der Waals surface area contributed by atoms with Crippen LogP contribution in [0, 0.1) is 58.2 Å². The van der Waals surface area contributed by atoms with Crippen LogP contribution in [0.3, 0.4) is 0 Å². The molecular formula is C28H50. The van der Waals surface area contributed by atoms with Crippen LogP contribution in [0.2, 0.25) is 0 Å². The molecule has 5 unspecified atom stereocenters. The summed E-state index contributed by atoms with van der Waals surface area (Å²) in [5, 5.41) is 0. The summed E-state index contributed by atoms with van der Waals surface area (Å²) in [6, 6.07) is 0. The molecule has 0 saturated heterocycles. The highest BCUT2D eigenvalue weighted by atomic mass is 14.6. The van der Waals surface area contributed by atoms with E-state index in [-0.39, 0.29) is 0 Å². The Kier molecular flexibility index (Phi) is 6.01. The average molecular weight is 387 g/mol. The van der Waals surface area contributed by atoms with Crippen LogP contribution < -0.4 is 0 Å². The normalized spacial score (nSPS) is 49.4. The van der Waals surface area contributed by atoms with Gasteiger partial charge in [0.25, 0.3) is 0 Å². The van der Waals surface area contributed by atoms with E-state index in [9.17, 15) is 0 Å². The first-order valence-electron chi connectivity index (χ1n) is 13.3. The summed E-state index contributed by atoms with van der Waals surface area (Å²) in [5.41, 5.74) is 1.36. The molecule has 0 bridgehead atoms. The van der Waals surface area contributed by atoms with Crippen molar-refractivity contribution < 1.29 is 0 Å². The first kappa shape index (κ1) is 21.2. The molecule has 162 valence electrons. The molecule has 9 atom stereocenters. The van der Waals surface area contributed by atoms with E-state index in [1.165, 1.54) is 32.1 Å². The Morgan fingerprint density at radius 2 is 1.50 bits per heavy atom. The summed E-state index contributed by atoms with van der Waals surface area (Å²) >= 11 is 0. The summed E-state index contributed by atoms with van der Waals surface area (Å²) in [6.07, 6.45) is 18.3. The van der Waals surface area contributed by atoms with E-state index in [1.54, 1.807) is 44.9 Å². The second-order valence-electron chi connectivity index (χ2n) is 13.1. The minimum atomic E-state index is 0.670. The largest absolute Gasteiger partial charge is 0.0628 e. The molecule has 0 radical (unpaired) electrons. The Bertz CT molecular complexity index is 534. The third-order valence-electron chi connectivity index (χ3n) is 11.1. The molecule has 0 heteroatoms. The molecule has 0 amide bonds. The molecular weight excluding hydrogens is 336 g/mol. The summed E-state index contributed by atoms with van der Waals surface area (Å²) in [5.74, 6) is 8.08. The van der Waals surface area contributed by atoms with E-state index >= 15 is 0 Å². The van der Waals surface area contributed by atoms with Gasteiger partial charge in [-0.3, -0.25) is 0 Å². The van der Waals surface area contributed by atoms with Crippen molar-refractivity contribution in [3.8, 4) is 0 Å². The lowest BCUT2D eigenvalue weighted by atomic mass is 9.44. The molecule has 0 aliphatic heterocycles. The summed E-state index contributed by atoms with van der Waals surface area (Å²) in [4.78, 5) is 0. The molecule has 0 heterocycles. The van der Waals surface area contributed by atoms with Crippen molar-refractivity contribution in [2.24, 2.45) is 58.2 Å². The lowest BCUT2D eigenvalue weighted by Gasteiger charge is -2.61. The number of rotatable bonds is 5. The highest BCUT2D eigenvalue weighted by Gasteiger charge is 2.60. The number of hydrogen-bond donors (Lipinski definition) is 0. The Morgan fingerprint density at radius 3 is 2.25 bits per heavy atom. The molecule has 0 aromatic rings. The van der Waals surface area contributed by atoms with Crippen LogP contribution >= 0.6 is 0 Å². The highest BCUT2D eigenvalue weighted by molar-refractivity contribution is 5.09. The van der Waals surface area contributed by atoms with Crippen LogP contribution in [0.5, 0.6) is 0 Å². The van der Waals surface area contributed by atoms with Gasteiger partial charge >= 0.3 is 0 Å². The van der Waals surface area contributed by atoms with Crippen molar-refractivity contribution in [3.63, 3.8) is 0 Å². The molecule has 0 nitrogen and oxygen atoms in total. The van der Waals surface area contributed by atoms with Crippen molar-refractivity contribution >= 4 is 0 Å². The molecule has 0 spiro atoms. The topological polar surface area (TPSA) is 0 Å². The summed E-state index contributed by atoms with van der Waals surface area (Å²) < 4.78 is 0. The molecule has 4 aliphatic carbocycles. The van der Waals surface area contributed by atoms with Crippen LogP contribution in [0.1, 0.15) is 119 Å². The van der Waals surface area contributed by atoms with Gasteiger partial charge in [-0.1, -0.05) is 67.2 Å². The van der Waals surface area contributed by atoms with Crippen molar-refractivity contribution in [1.29, 1.82) is 0 Å². The zero-order valence-corrected chi connectivity index (χ0v) is 20.1. The highest BCUT2D eigenvalue weighted by Crippen LogP contribution is 2.68. The SMILES string of the molecule is CC(C)CCCC(C)C1CCC2[C@@H]3CCC4C[C@@H](C)CC[C@]4(C)C3CC[C@]12C. The van der Waals surface area contributed by atoms with Crippen molar-refractivity contribution in [1.82, 2.24) is 0 Å². The van der Waals surface area contributed by atoms with Crippen LogP contribution in [0.25, 0.3) is 0 Å². The zero-order valence-electron chi connectivity index (χ0n) is 20.1. The predicted molar refractivity (Wildman–Crippen MR) is 122 cm³/mol. The van der Waals surface area contributed by atoms with Gasteiger partial charge in [0.1, 0.15) is 0 Å². The maximum atomic E-state index is 2.75. The maximum Gasteiger partial charge on any atom is -0.0264 e. The minimum absolute atomic E-state index is 0.670. The minimum Gasteiger partial charge on any atom is -0.0628 e. The fraction of sp³-hybridized carbons (Fsp3) is 1.00. The summed E-state index contributed by atoms with van der Waals surface area (Å²) in [7, 11) is 0. The van der Waals surface area contributed by atoms with Crippen molar-refractivity contribution in [2.45, 2.75) is 119 Å². The smallest absolute Gasteiger partial charge is 0.0264 e. The Hall–Kier alpha value is 0. The van der Waals surface area contributed by atoms with Crippen LogP contribution in [-0.4, -0.2) is 0 Å². The zero-order chi connectivity index (χ0) is 20.1. The lowest BCUT2D eigenvalue weighted by Crippen LogP contribution is -2.53. The first-order chi connectivity index (χ1) is 13.3. The van der Waals surface area contributed by atoms with Gasteiger partial charge in [0.05, 0.1) is 0 Å². The van der Waals surface area contributed by atoms with Gasteiger partial charge in [0.15, 0.2) is 0 Å². The van der Waals surface area contributed by atoms with E-state index in [4.69, 9.17) is 0 Å². The Labute approximate surface area is 177 Å². The van der Waals surface area contributed by atoms with Gasteiger partial charge in [-0.2, -0.15) is 0 Å². The standard InChI is InChI=1S/C28H50/c1-19(2)8-7-9-21(4)24-12-13-25-23-11-10-22-18-20(3)14-16-27(22,5)26(23)15-17-28(24,25)6/h19-26H,7-18H2,1-6H3/t20-,21?,22?,23-,24?,25?,26?,27-,28+/m0/s1. The van der Waals surface area contributed by atoms with Gasteiger partial charge < -0.3 is 0 Å². The fourth-order valence-corrected chi connectivity index (χ4v) is 9.50. The monoisotopic (exact) mass is 386 g/mol. The van der Waals surface area contributed by atoms with Crippen LogP contribution in [0.4, 0.5) is 0 Å². The summed E-state index contributed by atoms with van der Waals surface area (Å²) in [6.45, 7) is 15.4. The molecule has 4 rings (SSSR count). The van der Waals surface area contributed by atoms with Gasteiger partial charge in [0.2, 0.25) is 0 Å². The molecule has 28 heavy (non-hydrogen) atoms. The van der Waals surface area contributed by atoms with Gasteiger partial charge in [-0.25, -0.2) is 0 Å². The molecule has 0 N–H and O–H groups in total. The van der Waals surface area contributed by atoms with Gasteiger partial charge in [-0.15, -0.1) is 0 Å². The van der Waals surface area contributed by atoms with Crippen molar-refractivity contribution in [3.05, 3.63) is 0 Å². The molecule has 4 saturated carbocycles. The second-order valence-corrected chi connectivity index (χ2v) is 13.1. The van der Waals surface area contributed by atoms with Crippen LogP contribution in [-0.2, 0) is 0 Å². The third kappa shape index (κ3) is 3.51. The maximum absolute atomic E-state index is 2.75. The Morgan fingerprint density at radius 1 is 0.786 bits per heavy atom. The van der Waals surface area contributed by atoms with Crippen molar-refractivity contribution in [2.75, 3.05) is 0 Å². The first-order valence-corrected chi connectivity index (χ1v) is 13.3. The van der Waals surface area contributed by atoms with Gasteiger partial charge in [0, 0.05) is 0 Å². The van der Waals surface area contributed by atoms with Gasteiger partial charge in [-0.05, 0) is 110 Å². The third-order valence-corrected chi connectivity index (χ3v) is 11.1. The molecule has 4 fully saturated rings. The molecule has 4 aliphatic rings.